The zero-order valence-electron chi connectivity index (χ0n) is 17.5. The predicted molar refractivity (Wildman–Crippen MR) is 112 cm³/mol. The van der Waals surface area contributed by atoms with Crippen LogP contribution in [0.3, 0.4) is 0 Å². The van der Waals surface area contributed by atoms with Gasteiger partial charge in [-0.25, -0.2) is 5.43 Å². The average molecular weight is 429 g/mol. The van der Waals surface area contributed by atoms with Crippen molar-refractivity contribution < 1.29 is 29.0 Å². The molecule has 1 aliphatic heterocycles. The van der Waals surface area contributed by atoms with Crippen LogP contribution in [0.1, 0.15) is 31.9 Å². The maximum Gasteiger partial charge on any atom is 0.284 e. The number of rotatable bonds is 5. The normalized spacial score (nSPS) is 15.5. The number of hydrogen-bond donors (Lipinski definition) is 2. The van der Waals surface area contributed by atoms with E-state index in [2.05, 4.69) is 31.3 Å². The average Bonchev–Trinajstić information content (AvgIpc) is 2.73. The maximum atomic E-state index is 12.4. The molecular weight excluding hydrogens is 406 g/mol. The van der Waals surface area contributed by atoms with Crippen molar-refractivity contribution in [2.45, 2.75) is 32.3 Å². The van der Waals surface area contributed by atoms with Crippen LogP contribution in [0.4, 0.5) is 5.69 Å². The number of nitro groups is 1. The second-order valence-electron chi connectivity index (χ2n) is 7.91. The van der Waals surface area contributed by atoms with E-state index in [4.69, 9.17) is 14.2 Å². The number of hydrazone groups is 1. The Hall–Kier alpha value is -3.82. The molecule has 31 heavy (non-hydrogen) atoms. The summed E-state index contributed by atoms with van der Waals surface area (Å²) >= 11 is 0. The number of nitro benzene ring substituents is 1. The number of aromatic hydroxyl groups is 1. The Bertz CT molecular complexity index is 1040. The molecule has 0 aromatic heterocycles. The summed E-state index contributed by atoms with van der Waals surface area (Å²) in [5.74, 6) is 0.0159. The van der Waals surface area contributed by atoms with Gasteiger partial charge in [0.15, 0.2) is 23.0 Å². The molecule has 3 rings (SSSR count). The van der Waals surface area contributed by atoms with Crippen molar-refractivity contribution in [1.82, 2.24) is 5.43 Å². The highest BCUT2D eigenvalue weighted by molar-refractivity contribution is 5.88. The van der Waals surface area contributed by atoms with Crippen molar-refractivity contribution in [3.8, 4) is 23.0 Å². The van der Waals surface area contributed by atoms with Gasteiger partial charge in [-0.05, 0) is 23.1 Å². The van der Waals surface area contributed by atoms with E-state index in [-0.39, 0.29) is 34.8 Å². The highest BCUT2D eigenvalue weighted by Gasteiger charge is 2.28. The molecule has 1 unspecified atom stereocenters. The Kier molecular flexibility index (Phi) is 6.00. The Balaban J connectivity index is 1.72. The first-order valence-corrected chi connectivity index (χ1v) is 9.42. The first-order valence-electron chi connectivity index (χ1n) is 9.42. The van der Waals surface area contributed by atoms with E-state index in [1.807, 2.05) is 12.1 Å². The second-order valence-corrected chi connectivity index (χ2v) is 7.91. The monoisotopic (exact) mass is 429 g/mol. The number of hydrogen-bond acceptors (Lipinski definition) is 8. The molecule has 10 heteroatoms. The lowest BCUT2D eigenvalue weighted by atomic mass is 9.87. The summed E-state index contributed by atoms with van der Waals surface area (Å²) in [6.45, 7) is 6.19. The third-order valence-electron chi connectivity index (χ3n) is 4.66. The fourth-order valence-electron chi connectivity index (χ4n) is 2.88. The van der Waals surface area contributed by atoms with Gasteiger partial charge in [0.05, 0.1) is 24.3 Å². The Labute approximate surface area is 178 Å². The third-order valence-corrected chi connectivity index (χ3v) is 4.66. The third kappa shape index (κ3) is 4.85. The first kappa shape index (κ1) is 21.9. The van der Waals surface area contributed by atoms with Gasteiger partial charge in [-0.1, -0.05) is 26.8 Å². The highest BCUT2D eigenvalue weighted by atomic mass is 16.6. The minimum Gasteiger partial charge on any atom is -0.504 e. The van der Waals surface area contributed by atoms with Crippen LogP contribution in [0.5, 0.6) is 23.0 Å². The van der Waals surface area contributed by atoms with Crippen LogP contribution >= 0.6 is 0 Å². The molecular formula is C21H23N3O7. The molecule has 1 atom stereocenters. The molecule has 0 aliphatic carbocycles. The van der Waals surface area contributed by atoms with Gasteiger partial charge in [-0.15, -0.1) is 0 Å². The fraction of sp³-hybridized carbons (Fsp3) is 0.333. The number of benzene rings is 2. The summed E-state index contributed by atoms with van der Waals surface area (Å²) in [6, 6.07) is 7.79. The molecule has 10 nitrogen and oxygen atoms in total. The summed E-state index contributed by atoms with van der Waals surface area (Å²) in [7, 11) is 1.27. The van der Waals surface area contributed by atoms with Crippen molar-refractivity contribution in [3.05, 3.63) is 51.6 Å². The van der Waals surface area contributed by atoms with Crippen LogP contribution in [0, 0.1) is 10.1 Å². The van der Waals surface area contributed by atoms with Gasteiger partial charge in [0.1, 0.15) is 6.61 Å². The fourth-order valence-corrected chi connectivity index (χ4v) is 2.88. The molecule has 1 amide bonds. The number of phenolic OH excluding ortho intramolecular Hbond substituents is 1. The number of nitrogens with one attached hydrogen (secondary N) is 1. The number of ether oxygens (including phenoxy) is 3. The Morgan fingerprint density at radius 2 is 2.06 bits per heavy atom. The highest BCUT2D eigenvalue weighted by Crippen LogP contribution is 2.36. The number of non-ortho nitro benzene ring substituents is 1. The number of methoxy groups -OCH3 is 1. The van der Waals surface area contributed by atoms with Crippen LogP contribution in [0.2, 0.25) is 0 Å². The van der Waals surface area contributed by atoms with Gasteiger partial charge in [0.25, 0.3) is 11.6 Å². The minimum atomic E-state index is -0.937. The van der Waals surface area contributed by atoms with Gasteiger partial charge < -0.3 is 19.3 Å². The van der Waals surface area contributed by atoms with E-state index in [1.165, 1.54) is 7.11 Å². The SMILES string of the molecule is COc1cc([N+](=O)[O-])cc(C=NNC(=O)C2COc3ccc(C(C)(C)C)cc3O2)c1O. The molecule has 164 valence electrons. The van der Waals surface area contributed by atoms with Gasteiger partial charge >= 0.3 is 0 Å². The minimum absolute atomic E-state index is 0.000893. The molecule has 0 fully saturated rings. The summed E-state index contributed by atoms with van der Waals surface area (Å²) in [6.07, 6.45) is 0.145. The van der Waals surface area contributed by atoms with E-state index in [9.17, 15) is 20.0 Å². The number of amides is 1. The van der Waals surface area contributed by atoms with Crippen LogP contribution in [-0.2, 0) is 10.2 Å². The predicted octanol–water partition coefficient (Wildman–Crippen LogP) is 2.90. The molecule has 2 N–H and O–H groups in total. The van der Waals surface area contributed by atoms with Crippen molar-refractivity contribution in [2.75, 3.05) is 13.7 Å². The number of carbonyl (C=O) groups is 1. The van der Waals surface area contributed by atoms with E-state index < -0.39 is 16.9 Å². The van der Waals surface area contributed by atoms with E-state index >= 15 is 0 Å². The summed E-state index contributed by atoms with van der Waals surface area (Å²) < 4.78 is 16.3. The van der Waals surface area contributed by atoms with Crippen molar-refractivity contribution in [3.63, 3.8) is 0 Å². The lowest BCUT2D eigenvalue weighted by Crippen LogP contribution is -2.42. The van der Waals surface area contributed by atoms with Gasteiger partial charge in [0.2, 0.25) is 6.10 Å². The van der Waals surface area contributed by atoms with Gasteiger partial charge in [-0.3, -0.25) is 14.9 Å². The molecule has 0 bridgehead atoms. The van der Waals surface area contributed by atoms with Crippen LogP contribution in [-0.4, -0.2) is 42.0 Å². The van der Waals surface area contributed by atoms with E-state index in [0.717, 1.165) is 23.9 Å². The summed E-state index contributed by atoms with van der Waals surface area (Å²) in [4.78, 5) is 22.8. The zero-order chi connectivity index (χ0) is 22.8. The summed E-state index contributed by atoms with van der Waals surface area (Å²) in [5.41, 5.74) is 2.94. The number of carbonyl (C=O) groups excluding carboxylic acids is 1. The molecule has 0 saturated carbocycles. The standard InChI is InChI=1S/C21H23N3O7/c1-21(2,3)13-5-6-15-16(8-13)31-18(11-30-15)20(26)23-22-10-12-7-14(24(27)28)9-17(29-4)19(12)25/h5-10,18,25H,11H2,1-4H3,(H,23,26). The molecule has 1 aliphatic rings. The molecule has 2 aromatic rings. The largest absolute Gasteiger partial charge is 0.504 e. The van der Waals surface area contributed by atoms with E-state index in [0.29, 0.717) is 11.5 Å². The molecule has 1 heterocycles. The quantitative estimate of drug-likeness (QED) is 0.424. The smallest absolute Gasteiger partial charge is 0.284 e. The van der Waals surface area contributed by atoms with E-state index in [1.54, 1.807) is 6.07 Å². The van der Waals surface area contributed by atoms with Gasteiger partial charge in [-0.2, -0.15) is 5.10 Å². The van der Waals surface area contributed by atoms with Gasteiger partial charge in [0, 0.05) is 11.6 Å². The van der Waals surface area contributed by atoms with Crippen molar-refractivity contribution in [1.29, 1.82) is 0 Å². The zero-order valence-corrected chi connectivity index (χ0v) is 17.5. The lowest BCUT2D eigenvalue weighted by molar-refractivity contribution is -0.385. The number of phenols is 1. The lowest BCUT2D eigenvalue weighted by Gasteiger charge is -2.27. The van der Waals surface area contributed by atoms with Crippen molar-refractivity contribution >= 4 is 17.8 Å². The van der Waals surface area contributed by atoms with Crippen LogP contribution in [0.15, 0.2) is 35.4 Å². The second kappa shape index (κ2) is 8.50. The number of nitrogens with zero attached hydrogens (tertiary/aromatic N) is 2. The first-order chi connectivity index (χ1) is 14.6. The molecule has 0 spiro atoms. The topological polar surface area (TPSA) is 133 Å². The Morgan fingerprint density at radius 1 is 1.32 bits per heavy atom. The molecule has 2 aromatic carbocycles. The van der Waals surface area contributed by atoms with Crippen LogP contribution in [0.25, 0.3) is 0 Å². The number of fused-ring (bicyclic) bond motifs is 1. The van der Waals surface area contributed by atoms with Crippen molar-refractivity contribution in [2.24, 2.45) is 5.10 Å². The van der Waals surface area contributed by atoms with Crippen LogP contribution < -0.4 is 19.6 Å². The summed E-state index contributed by atoms with van der Waals surface area (Å²) in [5, 5.41) is 24.9. The molecule has 0 saturated heterocycles. The molecule has 0 radical (unpaired) electrons. The Morgan fingerprint density at radius 3 is 2.71 bits per heavy atom. The maximum absolute atomic E-state index is 12.4.